The first-order valence-electron chi connectivity index (χ1n) is 6.59. The Kier molecular flexibility index (Phi) is 7.01. The molecule has 0 amide bonds. The summed E-state index contributed by atoms with van der Waals surface area (Å²) in [5.74, 6) is 0. The summed E-state index contributed by atoms with van der Waals surface area (Å²) in [6, 6.07) is 9.58. The number of benzene rings is 1. The van der Waals surface area contributed by atoms with Gasteiger partial charge in [-0.2, -0.15) is 12.7 Å². The minimum absolute atomic E-state index is 0.392. The van der Waals surface area contributed by atoms with Crippen molar-refractivity contribution >= 4 is 10.2 Å². The van der Waals surface area contributed by atoms with Crippen LogP contribution in [-0.2, 0) is 16.8 Å². The number of nitrogens with zero attached hydrogens (tertiary/aromatic N) is 1. The Morgan fingerprint density at radius 2 is 1.89 bits per heavy atom. The molecule has 1 aromatic rings. The molecule has 1 aromatic carbocycles. The topological polar surface area (TPSA) is 75.4 Å². The molecule has 3 N–H and O–H groups in total. The van der Waals surface area contributed by atoms with Crippen LogP contribution in [0.15, 0.2) is 30.3 Å². The van der Waals surface area contributed by atoms with E-state index in [0.29, 0.717) is 26.2 Å². The van der Waals surface area contributed by atoms with Crippen molar-refractivity contribution in [3.63, 3.8) is 0 Å². The molecule has 0 radical (unpaired) electrons. The molecule has 0 aliphatic carbocycles. The highest BCUT2D eigenvalue weighted by Crippen LogP contribution is 2.07. The molecule has 0 unspecified atom stereocenters. The second-order valence-electron chi connectivity index (χ2n) is 4.31. The Morgan fingerprint density at radius 1 is 1.21 bits per heavy atom. The molecular weight excluding hydrogens is 262 g/mol. The summed E-state index contributed by atoms with van der Waals surface area (Å²) in [5, 5.41) is 0. The van der Waals surface area contributed by atoms with Crippen LogP contribution in [-0.4, -0.2) is 32.4 Å². The largest absolute Gasteiger partial charge is 0.330 e. The molecule has 0 atom stereocenters. The second-order valence-corrected chi connectivity index (χ2v) is 6.06. The highest BCUT2D eigenvalue weighted by atomic mass is 32.2. The van der Waals surface area contributed by atoms with Crippen molar-refractivity contribution in [1.29, 1.82) is 0 Å². The van der Waals surface area contributed by atoms with E-state index in [1.54, 1.807) is 0 Å². The van der Waals surface area contributed by atoms with Crippen LogP contribution in [0.25, 0.3) is 0 Å². The third-order valence-corrected chi connectivity index (χ3v) is 4.45. The molecule has 0 aliphatic rings. The van der Waals surface area contributed by atoms with Gasteiger partial charge in [0.2, 0.25) is 0 Å². The van der Waals surface area contributed by atoms with Crippen molar-refractivity contribution in [3.8, 4) is 0 Å². The standard InChI is InChI=1S/C13H23N3O2S/c1-2-16(12-13-8-4-3-5-9-13)19(17,18)15-11-7-6-10-14/h3-5,8-9,15H,2,6-7,10-12,14H2,1H3. The zero-order chi connectivity index (χ0) is 14.1. The average molecular weight is 285 g/mol. The van der Waals surface area contributed by atoms with Crippen LogP contribution in [0.5, 0.6) is 0 Å². The normalized spacial score (nSPS) is 11.9. The lowest BCUT2D eigenvalue weighted by Crippen LogP contribution is -2.40. The molecule has 0 bridgehead atoms. The van der Waals surface area contributed by atoms with Crippen molar-refractivity contribution in [2.75, 3.05) is 19.6 Å². The second kappa shape index (κ2) is 8.27. The van der Waals surface area contributed by atoms with Crippen LogP contribution in [0.2, 0.25) is 0 Å². The fraction of sp³-hybridized carbons (Fsp3) is 0.538. The number of hydrogen-bond acceptors (Lipinski definition) is 3. The third kappa shape index (κ3) is 5.69. The predicted molar refractivity (Wildman–Crippen MR) is 77.7 cm³/mol. The number of nitrogens with one attached hydrogen (secondary N) is 1. The van der Waals surface area contributed by atoms with Gasteiger partial charge in [-0.3, -0.25) is 0 Å². The maximum absolute atomic E-state index is 12.1. The minimum Gasteiger partial charge on any atom is -0.330 e. The molecule has 5 nitrogen and oxygen atoms in total. The number of rotatable bonds is 9. The zero-order valence-electron chi connectivity index (χ0n) is 11.4. The van der Waals surface area contributed by atoms with Crippen molar-refractivity contribution < 1.29 is 8.42 Å². The molecular formula is C13H23N3O2S. The summed E-state index contributed by atoms with van der Waals surface area (Å²) in [6.45, 7) is 3.70. The summed E-state index contributed by atoms with van der Waals surface area (Å²) in [4.78, 5) is 0. The molecule has 0 spiro atoms. The van der Waals surface area contributed by atoms with E-state index in [1.807, 2.05) is 37.3 Å². The van der Waals surface area contributed by atoms with Gasteiger partial charge in [0.25, 0.3) is 10.2 Å². The van der Waals surface area contributed by atoms with Gasteiger partial charge in [0.05, 0.1) is 0 Å². The highest BCUT2D eigenvalue weighted by Gasteiger charge is 2.19. The van der Waals surface area contributed by atoms with Gasteiger partial charge in [0, 0.05) is 19.6 Å². The lowest BCUT2D eigenvalue weighted by molar-refractivity contribution is 0.413. The summed E-state index contributed by atoms with van der Waals surface area (Å²) < 4.78 is 28.3. The summed E-state index contributed by atoms with van der Waals surface area (Å²) >= 11 is 0. The van der Waals surface area contributed by atoms with Crippen LogP contribution < -0.4 is 10.5 Å². The number of hydrogen-bond donors (Lipinski definition) is 2. The summed E-state index contributed by atoms with van der Waals surface area (Å²) in [5.41, 5.74) is 6.36. The third-order valence-electron chi connectivity index (χ3n) is 2.81. The van der Waals surface area contributed by atoms with Crippen molar-refractivity contribution in [1.82, 2.24) is 9.03 Å². The van der Waals surface area contributed by atoms with Gasteiger partial charge in [-0.05, 0) is 24.9 Å². The van der Waals surface area contributed by atoms with E-state index in [1.165, 1.54) is 4.31 Å². The van der Waals surface area contributed by atoms with Gasteiger partial charge < -0.3 is 5.73 Å². The van der Waals surface area contributed by atoms with Gasteiger partial charge in [-0.1, -0.05) is 37.3 Å². The fourth-order valence-corrected chi connectivity index (χ4v) is 2.96. The molecule has 6 heteroatoms. The van der Waals surface area contributed by atoms with E-state index in [2.05, 4.69) is 4.72 Å². The maximum Gasteiger partial charge on any atom is 0.279 e. The van der Waals surface area contributed by atoms with Gasteiger partial charge in [0.1, 0.15) is 0 Å². The van der Waals surface area contributed by atoms with Crippen molar-refractivity contribution in [2.24, 2.45) is 5.73 Å². The number of nitrogens with two attached hydrogens (primary N) is 1. The zero-order valence-corrected chi connectivity index (χ0v) is 12.2. The van der Waals surface area contributed by atoms with Gasteiger partial charge in [-0.15, -0.1) is 0 Å². The van der Waals surface area contributed by atoms with E-state index in [-0.39, 0.29) is 0 Å². The van der Waals surface area contributed by atoms with E-state index in [9.17, 15) is 8.42 Å². The number of unbranched alkanes of at least 4 members (excludes halogenated alkanes) is 1. The van der Waals surface area contributed by atoms with Crippen molar-refractivity contribution in [2.45, 2.75) is 26.3 Å². The lowest BCUT2D eigenvalue weighted by Gasteiger charge is -2.20. The Hall–Kier alpha value is -0.950. The first kappa shape index (κ1) is 16.1. The molecule has 0 saturated heterocycles. The van der Waals surface area contributed by atoms with Crippen LogP contribution in [0, 0.1) is 0 Å². The lowest BCUT2D eigenvalue weighted by atomic mass is 10.2. The molecule has 0 fully saturated rings. The van der Waals surface area contributed by atoms with Gasteiger partial charge >= 0.3 is 0 Å². The Morgan fingerprint density at radius 3 is 2.47 bits per heavy atom. The smallest absolute Gasteiger partial charge is 0.279 e. The van der Waals surface area contributed by atoms with Crippen LogP contribution in [0.4, 0.5) is 0 Å². The van der Waals surface area contributed by atoms with E-state index >= 15 is 0 Å². The SMILES string of the molecule is CCN(Cc1ccccc1)S(=O)(=O)NCCCCN. The van der Waals surface area contributed by atoms with E-state index in [4.69, 9.17) is 5.73 Å². The van der Waals surface area contributed by atoms with Crippen LogP contribution in [0.1, 0.15) is 25.3 Å². The highest BCUT2D eigenvalue weighted by molar-refractivity contribution is 7.87. The predicted octanol–water partition coefficient (Wildman–Crippen LogP) is 1.08. The molecule has 19 heavy (non-hydrogen) atoms. The molecule has 1 rings (SSSR count). The monoisotopic (exact) mass is 285 g/mol. The fourth-order valence-electron chi connectivity index (χ4n) is 1.72. The van der Waals surface area contributed by atoms with E-state index < -0.39 is 10.2 Å². The quantitative estimate of drug-likeness (QED) is 0.667. The van der Waals surface area contributed by atoms with E-state index in [0.717, 1.165) is 18.4 Å². The summed E-state index contributed by atoms with van der Waals surface area (Å²) in [6.07, 6.45) is 1.59. The van der Waals surface area contributed by atoms with Crippen molar-refractivity contribution in [3.05, 3.63) is 35.9 Å². The Balaban J connectivity index is 2.57. The van der Waals surface area contributed by atoms with Crippen LogP contribution in [0.3, 0.4) is 0 Å². The molecule has 0 aliphatic heterocycles. The maximum atomic E-state index is 12.1. The molecule has 0 saturated carbocycles. The molecule has 108 valence electrons. The average Bonchev–Trinajstić information content (AvgIpc) is 2.42. The summed E-state index contributed by atoms with van der Waals surface area (Å²) in [7, 11) is -3.41. The van der Waals surface area contributed by atoms with Crippen LogP contribution >= 0.6 is 0 Å². The van der Waals surface area contributed by atoms with Gasteiger partial charge in [-0.25, -0.2) is 4.72 Å². The first-order valence-corrected chi connectivity index (χ1v) is 8.03. The molecule has 0 heterocycles. The Labute approximate surface area is 116 Å². The molecule has 0 aromatic heterocycles. The Bertz CT molecular complexity index is 448. The first-order chi connectivity index (χ1) is 9.10. The van der Waals surface area contributed by atoms with Gasteiger partial charge in [0.15, 0.2) is 0 Å². The minimum atomic E-state index is -3.41.